The Labute approximate surface area is 332 Å². The lowest BCUT2D eigenvalue weighted by molar-refractivity contribution is -0.870. The maximum Gasteiger partial charge on any atom is 0.306 e. The van der Waals surface area contributed by atoms with E-state index in [1.54, 1.807) is 0 Å². The Morgan fingerprint density at radius 1 is 0.556 bits per heavy atom. The zero-order chi connectivity index (χ0) is 40.0. The molecule has 10 heteroatoms. The van der Waals surface area contributed by atoms with Gasteiger partial charge in [-0.15, -0.1) is 0 Å². The first-order valence-corrected chi connectivity index (χ1v) is 23.5. The van der Waals surface area contributed by atoms with Gasteiger partial charge in [-0.3, -0.25) is 14.2 Å². The first kappa shape index (κ1) is 52.5. The maximum absolute atomic E-state index is 12.6. The van der Waals surface area contributed by atoms with Crippen LogP contribution in [0.2, 0.25) is 0 Å². The minimum atomic E-state index is -4.63. The van der Waals surface area contributed by atoms with Crippen LogP contribution in [0.3, 0.4) is 0 Å². The highest BCUT2D eigenvalue weighted by Gasteiger charge is 2.21. The van der Waals surface area contributed by atoms with Gasteiger partial charge in [-0.05, 0) is 51.4 Å². The van der Waals surface area contributed by atoms with E-state index in [-0.39, 0.29) is 26.1 Å². The summed E-state index contributed by atoms with van der Waals surface area (Å²) < 4.78 is 33.8. The molecule has 0 spiro atoms. The normalized spacial score (nSPS) is 13.8. The van der Waals surface area contributed by atoms with Gasteiger partial charge in [0.1, 0.15) is 19.8 Å². The number of nitrogens with zero attached hydrogens (tertiary/aromatic N) is 1. The SMILES string of the molecule is CCCCCCCCCC/C=C/CCCCCC(=O)OC[C@H](COP(=O)([O-])OCC[N+](C)(C)C)OC(=O)CC/C=C/CCCCCCCCCCCCC. The van der Waals surface area contributed by atoms with Gasteiger partial charge >= 0.3 is 11.9 Å². The number of likely N-dealkylation sites (N-methyl/N-ethyl adjacent to an activating group) is 1. The highest BCUT2D eigenvalue weighted by Crippen LogP contribution is 2.38. The first-order chi connectivity index (χ1) is 26.0. The number of hydrogen-bond donors (Lipinski definition) is 0. The second-order valence-corrected chi connectivity index (χ2v) is 17.5. The van der Waals surface area contributed by atoms with E-state index in [1.165, 1.54) is 116 Å². The Morgan fingerprint density at radius 3 is 1.44 bits per heavy atom. The number of carbonyl (C=O) groups is 2. The fourth-order valence-electron chi connectivity index (χ4n) is 5.96. The number of carbonyl (C=O) groups excluding carboxylic acids is 2. The molecular weight excluding hydrogens is 701 g/mol. The lowest BCUT2D eigenvalue weighted by Crippen LogP contribution is -2.37. The number of phosphoric acid groups is 1. The number of phosphoric ester groups is 1. The summed E-state index contributed by atoms with van der Waals surface area (Å²) in [5, 5.41) is 0. The van der Waals surface area contributed by atoms with Crippen molar-refractivity contribution in [3.05, 3.63) is 24.3 Å². The van der Waals surface area contributed by atoms with Gasteiger partial charge < -0.3 is 27.9 Å². The monoisotopic (exact) mass is 786 g/mol. The molecule has 0 aliphatic rings. The number of hydrogen-bond acceptors (Lipinski definition) is 8. The molecule has 9 nitrogen and oxygen atoms in total. The Morgan fingerprint density at radius 2 is 0.981 bits per heavy atom. The highest BCUT2D eigenvalue weighted by molar-refractivity contribution is 7.45. The maximum atomic E-state index is 12.6. The molecule has 0 amide bonds. The molecule has 0 N–H and O–H groups in total. The lowest BCUT2D eigenvalue weighted by atomic mass is 10.1. The van der Waals surface area contributed by atoms with Crippen LogP contribution in [0.1, 0.15) is 194 Å². The third kappa shape index (κ3) is 40.2. The first-order valence-electron chi connectivity index (χ1n) is 22.0. The lowest BCUT2D eigenvalue weighted by Gasteiger charge is -2.28. The summed E-state index contributed by atoms with van der Waals surface area (Å²) in [6, 6.07) is 0. The van der Waals surface area contributed by atoms with Crippen LogP contribution >= 0.6 is 7.82 Å². The smallest absolute Gasteiger partial charge is 0.306 e. The van der Waals surface area contributed by atoms with Gasteiger partial charge in [-0.1, -0.05) is 154 Å². The van der Waals surface area contributed by atoms with Crippen LogP contribution in [-0.2, 0) is 32.7 Å². The van der Waals surface area contributed by atoms with E-state index in [1.807, 2.05) is 27.2 Å². The zero-order valence-corrected chi connectivity index (χ0v) is 36.6. The molecule has 0 aliphatic carbocycles. The molecule has 0 aromatic heterocycles. The Hall–Kier alpha value is -1.51. The van der Waals surface area contributed by atoms with E-state index in [4.69, 9.17) is 18.5 Å². The Kier molecular flexibility index (Phi) is 36.1. The molecule has 1 unspecified atom stereocenters. The van der Waals surface area contributed by atoms with Crippen molar-refractivity contribution < 1.29 is 42.1 Å². The summed E-state index contributed by atoms with van der Waals surface area (Å²) in [7, 11) is 1.14. The summed E-state index contributed by atoms with van der Waals surface area (Å²) in [5.74, 6) is -0.905. The molecule has 54 heavy (non-hydrogen) atoms. The van der Waals surface area contributed by atoms with Crippen molar-refractivity contribution in [2.75, 3.05) is 47.5 Å². The number of ether oxygens (including phenoxy) is 2. The molecule has 318 valence electrons. The van der Waals surface area contributed by atoms with E-state index < -0.39 is 32.5 Å². The van der Waals surface area contributed by atoms with Crippen LogP contribution in [0.15, 0.2) is 24.3 Å². The van der Waals surface area contributed by atoms with Crippen LogP contribution in [-0.4, -0.2) is 70.0 Å². The number of rotatable bonds is 40. The van der Waals surface area contributed by atoms with Crippen LogP contribution in [0.25, 0.3) is 0 Å². The summed E-state index contributed by atoms with van der Waals surface area (Å²) in [4.78, 5) is 37.4. The average Bonchev–Trinajstić information content (AvgIpc) is 3.12. The van der Waals surface area contributed by atoms with Crippen molar-refractivity contribution in [2.24, 2.45) is 0 Å². The fraction of sp³-hybridized carbons (Fsp3) is 0.864. The molecule has 0 saturated carbocycles. The van der Waals surface area contributed by atoms with E-state index >= 15 is 0 Å². The van der Waals surface area contributed by atoms with Gasteiger partial charge in [0.2, 0.25) is 0 Å². The van der Waals surface area contributed by atoms with E-state index in [9.17, 15) is 19.0 Å². The van der Waals surface area contributed by atoms with E-state index in [2.05, 4.69) is 32.1 Å². The quantitative estimate of drug-likeness (QED) is 0.0198. The second-order valence-electron chi connectivity index (χ2n) is 16.1. The third-order valence-corrected chi connectivity index (χ3v) is 10.4. The molecule has 0 bridgehead atoms. The van der Waals surface area contributed by atoms with Crippen molar-refractivity contribution in [3.8, 4) is 0 Å². The zero-order valence-electron chi connectivity index (χ0n) is 35.7. The van der Waals surface area contributed by atoms with Crippen LogP contribution in [0.5, 0.6) is 0 Å². The minimum absolute atomic E-state index is 0.0374. The molecule has 0 heterocycles. The van der Waals surface area contributed by atoms with Crippen molar-refractivity contribution >= 4 is 19.8 Å². The predicted molar refractivity (Wildman–Crippen MR) is 222 cm³/mol. The Bertz CT molecular complexity index is 980. The van der Waals surface area contributed by atoms with Gasteiger partial charge in [0.05, 0.1) is 27.7 Å². The van der Waals surface area contributed by atoms with Crippen molar-refractivity contribution in [3.63, 3.8) is 0 Å². The molecule has 0 aromatic rings. The number of esters is 2. The second kappa shape index (κ2) is 37.1. The minimum Gasteiger partial charge on any atom is -0.756 e. The summed E-state index contributed by atoms with van der Waals surface area (Å²) in [6.45, 7) is 4.17. The van der Waals surface area contributed by atoms with Gasteiger partial charge in [0.25, 0.3) is 7.82 Å². The standard InChI is InChI=1S/C44H84NO8P/c1-6-8-10-12-14-16-18-20-22-24-26-28-30-32-34-36-43(46)50-40-42(41-52-54(48,49)51-39-38-45(3,4)5)53-44(47)37-35-33-31-29-27-25-23-21-19-17-15-13-11-9-7-2/h24,26,31,33,42H,6-23,25,27-30,32,34-41H2,1-5H3/b26-24+,33-31+/t42-/m1/s1. The predicted octanol–water partition coefficient (Wildman–Crippen LogP) is 11.7. The summed E-state index contributed by atoms with van der Waals surface area (Å²) in [6.07, 6.45) is 39.3. The third-order valence-electron chi connectivity index (χ3n) is 9.46. The van der Waals surface area contributed by atoms with E-state index in [0.717, 1.165) is 38.5 Å². The molecule has 0 saturated heterocycles. The van der Waals surface area contributed by atoms with Gasteiger partial charge in [0.15, 0.2) is 6.10 Å². The molecule has 0 radical (unpaired) electrons. The average molecular weight is 786 g/mol. The van der Waals surface area contributed by atoms with Crippen molar-refractivity contribution in [1.82, 2.24) is 0 Å². The summed E-state index contributed by atoms with van der Waals surface area (Å²) in [5.41, 5.74) is 0. The molecule has 0 fully saturated rings. The fourth-order valence-corrected chi connectivity index (χ4v) is 6.69. The summed E-state index contributed by atoms with van der Waals surface area (Å²) >= 11 is 0. The van der Waals surface area contributed by atoms with Crippen molar-refractivity contribution in [1.29, 1.82) is 0 Å². The van der Waals surface area contributed by atoms with E-state index in [0.29, 0.717) is 23.9 Å². The van der Waals surface area contributed by atoms with Crippen molar-refractivity contribution in [2.45, 2.75) is 200 Å². The largest absolute Gasteiger partial charge is 0.756 e. The van der Waals surface area contributed by atoms with Gasteiger partial charge in [-0.2, -0.15) is 0 Å². The van der Waals surface area contributed by atoms with Crippen LogP contribution in [0.4, 0.5) is 0 Å². The van der Waals surface area contributed by atoms with Gasteiger partial charge in [0, 0.05) is 12.8 Å². The van der Waals surface area contributed by atoms with Crippen LogP contribution < -0.4 is 4.89 Å². The molecule has 0 aliphatic heterocycles. The molecule has 0 aromatic carbocycles. The molecule has 2 atom stereocenters. The number of allylic oxidation sites excluding steroid dienone is 4. The highest BCUT2D eigenvalue weighted by atomic mass is 31.2. The molecule has 0 rings (SSSR count). The van der Waals surface area contributed by atoms with Crippen LogP contribution in [0, 0.1) is 0 Å². The number of unbranched alkanes of at least 4 members (excludes halogenated alkanes) is 22. The molecular formula is C44H84NO8P. The number of quaternary nitrogens is 1. The topological polar surface area (TPSA) is 111 Å². The Balaban J connectivity index is 4.41. The van der Waals surface area contributed by atoms with Gasteiger partial charge in [-0.25, -0.2) is 0 Å².